The Balaban J connectivity index is 2.14. The van der Waals surface area contributed by atoms with E-state index < -0.39 is 40.0 Å². The lowest BCUT2D eigenvalue weighted by molar-refractivity contribution is -0.140. The van der Waals surface area contributed by atoms with Gasteiger partial charge in [0.1, 0.15) is 5.82 Å². The van der Waals surface area contributed by atoms with Crippen LogP contribution in [0, 0.1) is 5.82 Å². The maximum Gasteiger partial charge on any atom is 0.419 e. The third kappa shape index (κ3) is 6.04. The van der Waals surface area contributed by atoms with Crippen LogP contribution in [0.25, 0.3) is 0 Å². The molecule has 0 radical (unpaired) electrons. The van der Waals surface area contributed by atoms with Crippen LogP contribution in [0.4, 0.5) is 23.2 Å². The number of hydrogen-bond acceptors (Lipinski definition) is 3. The Morgan fingerprint density at radius 2 is 1.74 bits per heavy atom. The third-order valence-corrected chi connectivity index (χ3v) is 4.74. The second-order valence-corrected chi connectivity index (χ2v) is 7.74. The largest absolute Gasteiger partial charge is 0.419 e. The molecular formula is C17H16F4N2O3S. The van der Waals surface area contributed by atoms with Gasteiger partial charge in [0, 0.05) is 12.2 Å². The number of anilines is 1. The summed E-state index contributed by atoms with van der Waals surface area (Å²) < 4.78 is 76.2. The van der Waals surface area contributed by atoms with E-state index in [0.717, 1.165) is 16.6 Å². The van der Waals surface area contributed by atoms with Gasteiger partial charge < -0.3 is 5.32 Å². The number of nitrogens with one attached hydrogen (secondary N) is 1. The maximum atomic E-state index is 13.3. The summed E-state index contributed by atoms with van der Waals surface area (Å²) in [6.45, 7) is -0.684. The first kappa shape index (κ1) is 20.8. The van der Waals surface area contributed by atoms with Crippen molar-refractivity contribution in [1.29, 1.82) is 0 Å². The lowest BCUT2D eigenvalue weighted by atomic mass is 10.2. The maximum absolute atomic E-state index is 13.3. The second kappa shape index (κ2) is 8.05. The standard InChI is InChI=1S/C17H16F4N2O3S/c1-27(25,26)23(10-12-5-3-2-4-6-12)11-16(24)22-13-7-8-15(18)14(9-13)17(19,20)21/h2-9H,10-11H2,1H3,(H,22,24). The zero-order chi connectivity index (χ0) is 20.2. The average Bonchev–Trinajstić information content (AvgIpc) is 2.55. The Hall–Kier alpha value is -2.46. The fourth-order valence-electron chi connectivity index (χ4n) is 2.26. The minimum atomic E-state index is -4.92. The predicted octanol–water partition coefficient (Wildman–Crippen LogP) is 3.24. The van der Waals surface area contributed by atoms with Crippen LogP contribution in [0.5, 0.6) is 0 Å². The predicted molar refractivity (Wildman–Crippen MR) is 91.7 cm³/mol. The topological polar surface area (TPSA) is 66.5 Å². The first-order chi connectivity index (χ1) is 12.5. The normalized spacial score (nSPS) is 12.2. The van der Waals surface area contributed by atoms with Crippen molar-refractivity contribution in [1.82, 2.24) is 4.31 Å². The molecule has 2 rings (SSSR count). The molecule has 27 heavy (non-hydrogen) atoms. The molecule has 1 N–H and O–H groups in total. The van der Waals surface area contributed by atoms with Gasteiger partial charge in [-0.25, -0.2) is 12.8 Å². The lowest BCUT2D eigenvalue weighted by Gasteiger charge is -2.20. The summed E-state index contributed by atoms with van der Waals surface area (Å²) in [5.41, 5.74) is -1.18. The van der Waals surface area contributed by atoms with E-state index in [9.17, 15) is 30.8 Å². The van der Waals surface area contributed by atoms with E-state index in [2.05, 4.69) is 5.32 Å². The minimum absolute atomic E-state index is 0.0791. The molecule has 2 aromatic carbocycles. The van der Waals surface area contributed by atoms with E-state index in [0.29, 0.717) is 17.7 Å². The number of carbonyl (C=O) groups excluding carboxylic acids is 1. The van der Waals surface area contributed by atoms with Gasteiger partial charge in [0.15, 0.2) is 0 Å². The molecule has 0 atom stereocenters. The first-order valence-corrected chi connectivity index (χ1v) is 9.47. The third-order valence-electron chi connectivity index (χ3n) is 3.55. The molecule has 1 amide bonds. The highest BCUT2D eigenvalue weighted by Crippen LogP contribution is 2.33. The highest BCUT2D eigenvalue weighted by molar-refractivity contribution is 7.88. The molecule has 0 aliphatic heterocycles. The van der Waals surface area contributed by atoms with Crippen LogP contribution in [0.1, 0.15) is 11.1 Å². The van der Waals surface area contributed by atoms with E-state index >= 15 is 0 Å². The number of hydrogen-bond donors (Lipinski definition) is 1. The van der Waals surface area contributed by atoms with Crippen LogP contribution >= 0.6 is 0 Å². The van der Waals surface area contributed by atoms with Gasteiger partial charge in [-0.2, -0.15) is 17.5 Å². The van der Waals surface area contributed by atoms with E-state index in [4.69, 9.17) is 0 Å². The van der Waals surface area contributed by atoms with Crippen molar-refractivity contribution >= 4 is 21.6 Å². The molecule has 0 saturated carbocycles. The van der Waals surface area contributed by atoms with Crippen LogP contribution in [0.3, 0.4) is 0 Å². The van der Waals surface area contributed by atoms with Crippen molar-refractivity contribution in [2.75, 3.05) is 18.1 Å². The van der Waals surface area contributed by atoms with Gasteiger partial charge in [-0.3, -0.25) is 4.79 Å². The summed E-state index contributed by atoms with van der Waals surface area (Å²) >= 11 is 0. The number of nitrogens with zero attached hydrogens (tertiary/aromatic N) is 1. The Kier molecular flexibility index (Phi) is 6.22. The Bertz CT molecular complexity index is 916. The van der Waals surface area contributed by atoms with Crippen LogP contribution in [0.15, 0.2) is 48.5 Å². The number of amides is 1. The van der Waals surface area contributed by atoms with E-state index in [1.807, 2.05) is 0 Å². The molecule has 0 heterocycles. The van der Waals surface area contributed by atoms with Gasteiger partial charge in [-0.1, -0.05) is 30.3 Å². The van der Waals surface area contributed by atoms with Crippen molar-refractivity contribution < 1.29 is 30.8 Å². The van der Waals surface area contributed by atoms with E-state index in [1.54, 1.807) is 30.3 Å². The summed E-state index contributed by atoms with van der Waals surface area (Å²) in [6, 6.07) is 10.5. The second-order valence-electron chi connectivity index (χ2n) is 5.76. The molecule has 0 bridgehead atoms. The van der Waals surface area contributed by atoms with Crippen LogP contribution in [-0.2, 0) is 27.5 Å². The molecule has 10 heteroatoms. The SMILES string of the molecule is CS(=O)(=O)N(CC(=O)Nc1ccc(F)c(C(F)(F)F)c1)Cc1ccccc1. The van der Waals surface area contributed by atoms with Gasteiger partial charge in [0.25, 0.3) is 0 Å². The molecule has 0 spiro atoms. The summed E-state index contributed by atoms with van der Waals surface area (Å²) in [5.74, 6) is -2.32. The molecule has 5 nitrogen and oxygen atoms in total. The van der Waals surface area contributed by atoms with Gasteiger partial charge in [0.2, 0.25) is 15.9 Å². The van der Waals surface area contributed by atoms with Crippen molar-refractivity contribution in [3.05, 3.63) is 65.5 Å². The van der Waals surface area contributed by atoms with Crippen LogP contribution < -0.4 is 5.32 Å². The number of sulfonamides is 1. The monoisotopic (exact) mass is 404 g/mol. The lowest BCUT2D eigenvalue weighted by Crippen LogP contribution is -2.36. The highest BCUT2D eigenvalue weighted by Gasteiger charge is 2.34. The van der Waals surface area contributed by atoms with E-state index in [-0.39, 0.29) is 12.2 Å². The number of benzene rings is 2. The minimum Gasteiger partial charge on any atom is -0.325 e. The fourth-order valence-corrected chi connectivity index (χ4v) is 2.99. The summed E-state index contributed by atoms with van der Waals surface area (Å²) in [4.78, 5) is 12.1. The molecular weight excluding hydrogens is 388 g/mol. The smallest absolute Gasteiger partial charge is 0.325 e. The van der Waals surface area contributed by atoms with Crippen molar-refractivity contribution in [3.63, 3.8) is 0 Å². The molecule has 146 valence electrons. The Labute approximate surface area is 153 Å². The van der Waals surface area contributed by atoms with Crippen molar-refractivity contribution in [3.8, 4) is 0 Å². The number of carbonyl (C=O) groups is 1. The quantitative estimate of drug-likeness (QED) is 0.752. The zero-order valence-electron chi connectivity index (χ0n) is 14.1. The van der Waals surface area contributed by atoms with Crippen LogP contribution in [-0.4, -0.2) is 31.4 Å². The van der Waals surface area contributed by atoms with Crippen LogP contribution in [0.2, 0.25) is 0 Å². The summed E-state index contributed by atoms with van der Waals surface area (Å²) in [7, 11) is -3.76. The van der Waals surface area contributed by atoms with Gasteiger partial charge >= 0.3 is 6.18 Å². The molecule has 0 fully saturated rings. The number of halogens is 4. The van der Waals surface area contributed by atoms with Gasteiger partial charge in [-0.15, -0.1) is 0 Å². The fraction of sp³-hybridized carbons (Fsp3) is 0.235. The first-order valence-electron chi connectivity index (χ1n) is 7.62. The van der Waals surface area contributed by atoms with Gasteiger partial charge in [-0.05, 0) is 23.8 Å². The average molecular weight is 404 g/mol. The molecule has 0 aliphatic carbocycles. The zero-order valence-corrected chi connectivity index (χ0v) is 14.9. The highest BCUT2D eigenvalue weighted by atomic mass is 32.2. The number of rotatable bonds is 6. The van der Waals surface area contributed by atoms with E-state index in [1.165, 1.54) is 0 Å². The molecule has 0 aromatic heterocycles. The van der Waals surface area contributed by atoms with Crippen molar-refractivity contribution in [2.24, 2.45) is 0 Å². The Morgan fingerprint density at radius 1 is 1.11 bits per heavy atom. The molecule has 0 saturated heterocycles. The summed E-state index contributed by atoms with van der Waals surface area (Å²) in [5, 5.41) is 2.16. The summed E-state index contributed by atoms with van der Waals surface area (Å²) in [6.07, 6.45) is -4.00. The Morgan fingerprint density at radius 3 is 2.30 bits per heavy atom. The van der Waals surface area contributed by atoms with Gasteiger partial charge in [0.05, 0.1) is 18.4 Å². The van der Waals surface area contributed by atoms with Crippen molar-refractivity contribution in [2.45, 2.75) is 12.7 Å². The molecule has 0 aliphatic rings. The molecule has 0 unspecified atom stereocenters. The molecule has 2 aromatic rings. The number of alkyl halides is 3.